The monoisotopic (exact) mass is 464 g/mol. The molecule has 0 saturated heterocycles. The van der Waals surface area contributed by atoms with Crippen LogP contribution in [0.3, 0.4) is 0 Å². The van der Waals surface area contributed by atoms with Crippen LogP contribution in [-0.4, -0.2) is 33.6 Å². The Balaban J connectivity index is 1.70. The maximum absolute atomic E-state index is 13.2. The predicted molar refractivity (Wildman–Crippen MR) is 122 cm³/mol. The zero-order valence-corrected chi connectivity index (χ0v) is 17.6. The van der Waals surface area contributed by atoms with Crippen molar-refractivity contribution in [3.05, 3.63) is 101 Å². The number of carbonyl (C=O) groups is 1. The van der Waals surface area contributed by atoms with Gasteiger partial charge < -0.3 is 10.1 Å². The lowest BCUT2D eigenvalue weighted by Crippen LogP contribution is -2.13. The Bertz CT molecular complexity index is 1310. The van der Waals surface area contributed by atoms with Crippen molar-refractivity contribution in [3.8, 4) is 22.7 Å². The molecule has 0 spiro atoms. The molecule has 4 rings (SSSR count). The van der Waals surface area contributed by atoms with E-state index in [0.717, 1.165) is 17.8 Å². The molecule has 8 nitrogen and oxygen atoms in total. The summed E-state index contributed by atoms with van der Waals surface area (Å²) in [6.45, 7) is -0.934. The first-order chi connectivity index (χ1) is 16.4. The first kappa shape index (κ1) is 22.6. The Morgan fingerprint density at radius 2 is 1.74 bits per heavy atom. The molecule has 0 aliphatic rings. The number of amides is 1. The first-order valence-electron chi connectivity index (χ1n) is 10.1. The molecule has 1 heterocycles. The number of aromatic nitrogens is 2. The Hall–Kier alpha value is -4.60. The average molecular weight is 464 g/mol. The fraction of sp³-hybridized carbons (Fsp3) is 0.0833. The number of ether oxygens (including phenoxy) is 1. The molecule has 0 aliphatic heterocycles. The van der Waals surface area contributed by atoms with Gasteiger partial charge >= 0.3 is 0 Å². The molecule has 1 aromatic heterocycles. The number of alkyl halides is 2. The number of nitro groups is 1. The minimum atomic E-state index is -2.76. The van der Waals surface area contributed by atoms with Gasteiger partial charge in [-0.3, -0.25) is 14.9 Å². The number of nitro benzene ring substituents is 1. The van der Waals surface area contributed by atoms with E-state index in [0.29, 0.717) is 11.3 Å². The summed E-state index contributed by atoms with van der Waals surface area (Å²) in [4.78, 5) is 23.8. The number of carbonyl (C=O) groups excluding carboxylic acids is 1. The van der Waals surface area contributed by atoms with Crippen molar-refractivity contribution in [1.29, 1.82) is 0 Å². The second-order valence-corrected chi connectivity index (χ2v) is 7.17. The summed E-state index contributed by atoms with van der Waals surface area (Å²) in [6.07, 6.45) is -1.20. The molecule has 34 heavy (non-hydrogen) atoms. The van der Waals surface area contributed by atoms with Crippen molar-refractivity contribution >= 4 is 17.3 Å². The second-order valence-electron chi connectivity index (χ2n) is 7.17. The number of anilines is 1. The third kappa shape index (κ3) is 5.23. The highest BCUT2D eigenvalue weighted by molar-refractivity contribution is 6.08. The minimum absolute atomic E-state index is 0.0231. The van der Waals surface area contributed by atoms with Gasteiger partial charge in [-0.15, -0.1) is 0 Å². The van der Waals surface area contributed by atoms with Crippen molar-refractivity contribution in [3.63, 3.8) is 0 Å². The third-order valence-corrected chi connectivity index (χ3v) is 4.76. The van der Waals surface area contributed by atoms with Crippen molar-refractivity contribution in [2.45, 2.75) is 6.43 Å². The Morgan fingerprint density at radius 3 is 2.38 bits per heavy atom. The molecule has 4 aromatic rings. The summed E-state index contributed by atoms with van der Waals surface area (Å²) < 4.78 is 31.5. The van der Waals surface area contributed by atoms with Crippen LogP contribution in [0.2, 0.25) is 0 Å². The number of non-ortho nitro benzene ring substituents is 1. The maximum Gasteiger partial charge on any atom is 0.275 e. The summed E-state index contributed by atoms with van der Waals surface area (Å²) in [6, 6.07) is 21.6. The van der Waals surface area contributed by atoms with Gasteiger partial charge in [0.2, 0.25) is 0 Å². The molecule has 0 unspecified atom stereocenters. The van der Waals surface area contributed by atoms with Crippen LogP contribution in [-0.2, 0) is 0 Å². The average Bonchev–Trinajstić information content (AvgIpc) is 3.29. The van der Waals surface area contributed by atoms with Crippen LogP contribution in [0.4, 0.5) is 20.2 Å². The number of halogens is 2. The smallest absolute Gasteiger partial charge is 0.275 e. The Morgan fingerprint density at radius 1 is 1.06 bits per heavy atom. The molecule has 172 valence electrons. The molecular weight excluding hydrogens is 446 g/mol. The molecule has 0 aliphatic carbocycles. The fourth-order valence-corrected chi connectivity index (χ4v) is 3.26. The van der Waals surface area contributed by atoms with Crippen LogP contribution in [0.25, 0.3) is 16.9 Å². The topological polar surface area (TPSA) is 99.3 Å². The van der Waals surface area contributed by atoms with Crippen LogP contribution in [0, 0.1) is 10.1 Å². The number of para-hydroxylation sites is 1. The number of hydrogen-bond donors (Lipinski definition) is 1. The zero-order valence-electron chi connectivity index (χ0n) is 17.6. The molecular formula is C24H18F2N4O4. The molecule has 0 atom stereocenters. The minimum Gasteiger partial charge on any atom is -0.487 e. The van der Waals surface area contributed by atoms with E-state index in [4.69, 9.17) is 4.74 Å². The second kappa shape index (κ2) is 9.90. The largest absolute Gasteiger partial charge is 0.487 e. The van der Waals surface area contributed by atoms with E-state index in [1.165, 1.54) is 6.07 Å². The molecule has 1 amide bonds. The van der Waals surface area contributed by atoms with Gasteiger partial charge in [-0.2, -0.15) is 5.10 Å². The van der Waals surface area contributed by atoms with E-state index in [-0.39, 0.29) is 17.0 Å². The maximum atomic E-state index is 13.2. The number of nitrogens with zero attached hydrogens (tertiary/aromatic N) is 3. The third-order valence-electron chi connectivity index (χ3n) is 4.76. The van der Waals surface area contributed by atoms with Crippen LogP contribution in [0.1, 0.15) is 10.4 Å². The number of rotatable bonds is 8. The van der Waals surface area contributed by atoms with E-state index in [2.05, 4.69) is 10.4 Å². The van der Waals surface area contributed by atoms with Gasteiger partial charge in [0.05, 0.1) is 27.9 Å². The van der Waals surface area contributed by atoms with Crippen LogP contribution in [0.15, 0.2) is 85.1 Å². The van der Waals surface area contributed by atoms with Crippen molar-refractivity contribution in [2.75, 3.05) is 11.9 Å². The van der Waals surface area contributed by atoms with E-state index in [9.17, 15) is 23.7 Å². The van der Waals surface area contributed by atoms with Gasteiger partial charge in [-0.05, 0) is 12.1 Å². The molecule has 10 heteroatoms. The highest BCUT2D eigenvalue weighted by Crippen LogP contribution is 2.29. The quantitative estimate of drug-likeness (QED) is 0.280. The lowest BCUT2D eigenvalue weighted by Gasteiger charge is -2.09. The van der Waals surface area contributed by atoms with E-state index < -0.39 is 29.6 Å². The van der Waals surface area contributed by atoms with Crippen molar-refractivity contribution in [2.24, 2.45) is 0 Å². The van der Waals surface area contributed by atoms with E-state index in [1.54, 1.807) is 23.0 Å². The van der Waals surface area contributed by atoms with Crippen LogP contribution >= 0.6 is 0 Å². The lowest BCUT2D eigenvalue weighted by molar-refractivity contribution is -0.384. The standard InChI is InChI=1S/C24H18F2N4O4/c25-22(26)15-34-20-12-17(11-19(13-20)30(32)33)27-24(31)21-14-29(18-9-5-2-6-10-18)28-23(21)16-7-3-1-4-8-16/h1-14,22H,15H2,(H,27,31). The summed E-state index contributed by atoms with van der Waals surface area (Å²) in [7, 11) is 0. The SMILES string of the molecule is O=C(Nc1cc(OCC(F)F)cc([N+](=O)[O-])c1)c1cn(-c2ccccc2)nc1-c1ccccc1. The molecule has 0 bridgehead atoms. The van der Waals surface area contributed by atoms with Crippen LogP contribution < -0.4 is 10.1 Å². The van der Waals surface area contributed by atoms with Gasteiger partial charge in [-0.1, -0.05) is 48.5 Å². The lowest BCUT2D eigenvalue weighted by atomic mass is 10.1. The Labute approximate surface area is 192 Å². The molecule has 0 radical (unpaired) electrons. The van der Waals surface area contributed by atoms with Gasteiger partial charge in [0.15, 0.2) is 0 Å². The molecule has 0 fully saturated rings. The highest BCUT2D eigenvalue weighted by Gasteiger charge is 2.20. The van der Waals surface area contributed by atoms with Gasteiger partial charge in [0.25, 0.3) is 18.0 Å². The zero-order chi connectivity index (χ0) is 24.1. The summed E-state index contributed by atoms with van der Waals surface area (Å²) in [5, 5.41) is 18.4. The van der Waals surface area contributed by atoms with Crippen LogP contribution in [0.5, 0.6) is 5.75 Å². The normalized spacial score (nSPS) is 10.8. The van der Waals surface area contributed by atoms with E-state index in [1.807, 2.05) is 48.5 Å². The number of nitrogens with one attached hydrogen (secondary N) is 1. The summed E-state index contributed by atoms with van der Waals surface area (Å²) in [5.41, 5.74) is 1.66. The van der Waals surface area contributed by atoms with Crippen molar-refractivity contribution < 1.29 is 23.2 Å². The first-order valence-corrected chi connectivity index (χ1v) is 10.1. The van der Waals surface area contributed by atoms with Crippen molar-refractivity contribution in [1.82, 2.24) is 9.78 Å². The Kier molecular flexibility index (Phi) is 6.58. The van der Waals surface area contributed by atoms with Gasteiger partial charge in [-0.25, -0.2) is 13.5 Å². The molecule has 3 aromatic carbocycles. The molecule has 0 saturated carbocycles. The fourth-order valence-electron chi connectivity index (χ4n) is 3.26. The molecule has 1 N–H and O–H groups in total. The summed E-state index contributed by atoms with van der Waals surface area (Å²) in [5.74, 6) is -0.741. The number of hydrogen-bond acceptors (Lipinski definition) is 5. The number of benzene rings is 3. The predicted octanol–water partition coefficient (Wildman–Crippen LogP) is 5.34. The highest BCUT2D eigenvalue weighted by atomic mass is 19.3. The van der Waals surface area contributed by atoms with Gasteiger partial charge in [0.1, 0.15) is 18.1 Å². The van der Waals surface area contributed by atoms with E-state index >= 15 is 0 Å². The van der Waals surface area contributed by atoms with Gasteiger partial charge in [0, 0.05) is 23.9 Å². The summed E-state index contributed by atoms with van der Waals surface area (Å²) >= 11 is 0.